The van der Waals surface area contributed by atoms with Crippen LogP contribution in [0.15, 0.2) is 47.6 Å². The maximum absolute atomic E-state index is 10.8. The Kier molecular flexibility index (Phi) is 5.53. The third-order valence-corrected chi connectivity index (χ3v) is 2.06. The van der Waals surface area contributed by atoms with Gasteiger partial charge in [0.15, 0.2) is 0 Å². The van der Waals surface area contributed by atoms with Crippen LogP contribution in [0.4, 0.5) is 17.1 Å². The summed E-state index contributed by atoms with van der Waals surface area (Å²) in [5.41, 5.74) is 0.977. The summed E-state index contributed by atoms with van der Waals surface area (Å²) in [6.07, 6.45) is 6.99. The molecule has 0 aliphatic heterocycles. The van der Waals surface area contributed by atoms with Gasteiger partial charge in [-0.1, -0.05) is 6.08 Å². The van der Waals surface area contributed by atoms with E-state index in [1.165, 1.54) is 36.7 Å². The fourth-order valence-corrected chi connectivity index (χ4v) is 1.22. The first kappa shape index (κ1) is 15.0. The van der Waals surface area contributed by atoms with Crippen molar-refractivity contribution in [2.75, 3.05) is 0 Å². The Balaban J connectivity index is 2.97. The first-order valence-corrected chi connectivity index (χ1v) is 5.24. The number of hydrogen-bond donors (Lipinski definition) is 2. The molecule has 0 radical (unpaired) electrons. The molecule has 0 atom stereocenters. The van der Waals surface area contributed by atoms with Crippen LogP contribution in [-0.2, 0) is 0 Å². The summed E-state index contributed by atoms with van der Waals surface area (Å²) in [6.45, 7) is 0. The van der Waals surface area contributed by atoms with Gasteiger partial charge in [-0.3, -0.25) is 30.9 Å². The molecule has 0 fully saturated rings. The summed E-state index contributed by atoms with van der Waals surface area (Å²) in [4.78, 5) is 23.7. The first-order chi connectivity index (χ1) is 9.56. The van der Waals surface area contributed by atoms with E-state index >= 15 is 0 Å². The average Bonchev–Trinajstić information content (AvgIpc) is 2.42. The van der Waals surface area contributed by atoms with Crippen LogP contribution in [0.1, 0.15) is 0 Å². The van der Waals surface area contributed by atoms with Crippen molar-refractivity contribution in [1.82, 2.24) is 5.48 Å². The highest BCUT2D eigenvalue weighted by Gasteiger charge is 2.18. The smallest absolute Gasteiger partial charge is 0.292 e. The van der Waals surface area contributed by atoms with Gasteiger partial charge < -0.3 is 0 Å². The fraction of sp³-hybridized carbons (Fsp3) is 0. The summed E-state index contributed by atoms with van der Waals surface area (Å²) < 4.78 is 0. The number of nitro benzene ring substituents is 2. The van der Waals surface area contributed by atoms with E-state index < -0.39 is 15.5 Å². The largest absolute Gasteiger partial charge is 0.301 e. The molecule has 1 rings (SSSR count). The van der Waals surface area contributed by atoms with Crippen molar-refractivity contribution in [2.45, 2.75) is 0 Å². The van der Waals surface area contributed by atoms with E-state index in [1.54, 1.807) is 5.48 Å². The maximum Gasteiger partial charge on any atom is 0.301 e. The molecule has 9 heteroatoms. The molecule has 0 unspecified atom stereocenters. The highest BCUT2D eigenvalue weighted by atomic mass is 16.6. The van der Waals surface area contributed by atoms with Crippen molar-refractivity contribution in [3.63, 3.8) is 0 Å². The minimum atomic E-state index is -0.737. The van der Waals surface area contributed by atoms with Gasteiger partial charge in [-0.2, -0.15) is 0 Å². The van der Waals surface area contributed by atoms with Gasteiger partial charge in [0.2, 0.25) is 0 Å². The van der Waals surface area contributed by atoms with Crippen molar-refractivity contribution in [3.8, 4) is 0 Å². The molecule has 0 aliphatic carbocycles. The van der Waals surface area contributed by atoms with Crippen molar-refractivity contribution >= 4 is 23.3 Å². The van der Waals surface area contributed by atoms with Crippen LogP contribution in [0.2, 0.25) is 0 Å². The Labute approximate surface area is 112 Å². The summed E-state index contributed by atoms with van der Waals surface area (Å²) in [6, 6.07) is 3.19. The maximum atomic E-state index is 10.8. The summed E-state index contributed by atoms with van der Waals surface area (Å²) >= 11 is 0. The number of non-ortho nitro benzene ring substituents is 1. The fourth-order valence-electron chi connectivity index (χ4n) is 1.22. The number of nitrogens with zero attached hydrogens (tertiary/aromatic N) is 3. The molecule has 0 spiro atoms. The van der Waals surface area contributed by atoms with E-state index in [0.29, 0.717) is 0 Å². The number of benzene rings is 1. The molecule has 0 aromatic heterocycles. The summed E-state index contributed by atoms with van der Waals surface area (Å²) in [5, 5.41) is 29.6. The first-order valence-electron chi connectivity index (χ1n) is 5.24. The summed E-state index contributed by atoms with van der Waals surface area (Å²) in [5.74, 6) is 0. The Morgan fingerprint density at radius 2 is 1.90 bits per heavy atom. The molecular weight excluding hydrogens is 268 g/mol. The van der Waals surface area contributed by atoms with E-state index in [0.717, 1.165) is 12.1 Å². The minimum absolute atomic E-state index is 0.00881. The molecule has 0 heterocycles. The number of hydrogen-bond acceptors (Lipinski definition) is 7. The lowest BCUT2D eigenvalue weighted by atomic mass is 10.2. The van der Waals surface area contributed by atoms with Crippen LogP contribution in [0.5, 0.6) is 0 Å². The number of aliphatic imine (C=N–C) groups is 1. The zero-order valence-electron chi connectivity index (χ0n) is 10.0. The molecule has 104 valence electrons. The van der Waals surface area contributed by atoms with Crippen molar-refractivity contribution in [2.24, 2.45) is 4.99 Å². The van der Waals surface area contributed by atoms with E-state index in [2.05, 4.69) is 4.99 Å². The van der Waals surface area contributed by atoms with Crippen molar-refractivity contribution < 1.29 is 15.1 Å². The average molecular weight is 278 g/mol. The van der Waals surface area contributed by atoms with Gasteiger partial charge in [-0.25, -0.2) is 4.99 Å². The van der Waals surface area contributed by atoms with E-state index in [1.807, 2.05) is 0 Å². The molecule has 0 aliphatic rings. The van der Waals surface area contributed by atoms with E-state index in [9.17, 15) is 20.2 Å². The van der Waals surface area contributed by atoms with Crippen LogP contribution in [-0.4, -0.2) is 21.3 Å². The summed E-state index contributed by atoms with van der Waals surface area (Å²) in [7, 11) is 0. The van der Waals surface area contributed by atoms with Crippen LogP contribution in [0.3, 0.4) is 0 Å². The molecule has 0 saturated carbocycles. The normalized spacial score (nSPS) is 11.4. The molecule has 0 saturated heterocycles. The van der Waals surface area contributed by atoms with Crippen molar-refractivity contribution in [3.05, 3.63) is 62.9 Å². The lowest BCUT2D eigenvalue weighted by Crippen LogP contribution is -1.92. The zero-order chi connectivity index (χ0) is 15.0. The molecule has 1 aromatic carbocycles. The Bertz CT molecular complexity index is 594. The number of nitro groups is 2. The molecule has 9 nitrogen and oxygen atoms in total. The molecule has 2 N–H and O–H groups in total. The topological polar surface area (TPSA) is 131 Å². The second-order valence-electron chi connectivity index (χ2n) is 3.34. The van der Waals surface area contributed by atoms with Gasteiger partial charge in [0, 0.05) is 18.5 Å². The SMILES string of the molecule is O=[N+]([O-])c1ccc(N=C/C=C\C=C\NO)c([N+](=O)[O-])c1. The predicted molar refractivity (Wildman–Crippen MR) is 71.1 cm³/mol. The second kappa shape index (κ2) is 7.38. The Hall–Kier alpha value is -3.07. The minimum Gasteiger partial charge on any atom is -0.292 e. The molecular formula is C11H10N4O5. The van der Waals surface area contributed by atoms with Gasteiger partial charge in [0.1, 0.15) is 5.69 Å². The Morgan fingerprint density at radius 3 is 2.50 bits per heavy atom. The van der Waals surface area contributed by atoms with Crippen LogP contribution < -0.4 is 5.48 Å². The third-order valence-electron chi connectivity index (χ3n) is 2.06. The van der Waals surface area contributed by atoms with Gasteiger partial charge >= 0.3 is 5.69 Å². The molecule has 1 aromatic rings. The second-order valence-corrected chi connectivity index (χ2v) is 3.34. The predicted octanol–water partition coefficient (Wildman–Crippen LogP) is 2.25. The third kappa shape index (κ3) is 4.31. The van der Waals surface area contributed by atoms with Gasteiger partial charge in [-0.05, 0) is 18.2 Å². The van der Waals surface area contributed by atoms with Gasteiger partial charge in [0.05, 0.1) is 15.9 Å². The Morgan fingerprint density at radius 1 is 1.15 bits per heavy atom. The van der Waals surface area contributed by atoms with Crippen LogP contribution in [0, 0.1) is 20.2 Å². The van der Waals surface area contributed by atoms with Crippen molar-refractivity contribution in [1.29, 1.82) is 0 Å². The van der Waals surface area contributed by atoms with E-state index in [-0.39, 0.29) is 11.4 Å². The highest BCUT2D eigenvalue weighted by Crippen LogP contribution is 2.30. The quantitative estimate of drug-likeness (QED) is 0.355. The molecule has 0 amide bonds. The highest BCUT2D eigenvalue weighted by molar-refractivity contribution is 5.77. The number of hydroxylamine groups is 1. The number of rotatable bonds is 6. The van der Waals surface area contributed by atoms with Gasteiger partial charge in [-0.15, -0.1) is 0 Å². The number of allylic oxidation sites excluding steroid dienone is 3. The molecule has 20 heavy (non-hydrogen) atoms. The van der Waals surface area contributed by atoms with Gasteiger partial charge in [0.25, 0.3) is 5.69 Å². The lowest BCUT2D eigenvalue weighted by molar-refractivity contribution is -0.393. The molecule has 0 bridgehead atoms. The standard InChI is InChI=1S/C11H10N4O5/c16-13-7-3-1-2-6-12-10-5-4-9(14(17)18)8-11(10)15(19)20/h1-8,13,16H/b2-1-,7-3+,12-6?. The number of nitrogens with one attached hydrogen (secondary N) is 1. The van der Waals surface area contributed by atoms with Crippen LogP contribution >= 0.6 is 0 Å². The lowest BCUT2D eigenvalue weighted by Gasteiger charge is -1.96. The zero-order valence-corrected chi connectivity index (χ0v) is 10.0. The van der Waals surface area contributed by atoms with Crippen LogP contribution in [0.25, 0.3) is 0 Å². The monoisotopic (exact) mass is 278 g/mol. The van der Waals surface area contributed by atoms with E-state index in [4.69, 9.17) is 5.21 Å².